The Kier molecular flexibility index (Phi) is 4.22. The third-order valence-electron chi connectivity index (χ3n) is 3.92. The molecule has 1 N–H and O–H groups in total. The summed E-state index contributed by atoms with van der Waals surface area (Å²) in [4.78, 5) is 16.5. The Hall–Kier alpha value is -2.35. The first-order chi connectivity index (χ1) is 12.5. The van der Waals surface area contributed by atoms with Gasteiger partial charge in [0.05, 0.1) is 11.1 Å². The number of hydrogen-bond donors (Lipinski definition) is 1. The quantitative estimate of drug-likeness (QED) is 0.433. The van der Waals surface area contributed by atoms with E-state index >= 15 is 0 Å². The molecule has 0 aliphatic carbocycles. The maximum atomic E-state index is 14.3. The van der Waals surface area contributed by atoms with Gasteiger partial charge in [0.15, 0.2) is 4.77 Å². The summed E-state index contributed by atoms with van der Waals surface area (Å²) in [5, 5.41) is 0.211. The largest absolute Gasteiger partial charge is 0.323 e. The van der Waals surface area contributed by atoms with Crippen LogP contribution in [0.2, 0.25) is 4.34 Å². The topological polar surface area (TPSA) is 37.8 Å². The molecule has 0 bridgehead atoms. The van der Waals surface area contributed by atoms with Gasteiger partial charge in [0.2, 0.25) is 0 Å². The van der Waals surface area contributed by atoms with E-state index < -0.39 is 17.2 Å². The number of rotatable bonds is 2. The van der Waals surface area contributed by atoms with Gasteiger partial charge in [-0.25, -0.2) is 8.78 Å². The van der Waals surface area contributed by atoms with Crippen LogP contribution in [-0.4, -0.2) is 9.55 Å². The highest BCUT2D eigenvalue weighted by Gasteiger charge is 2.21. The van der Waals surface area contributed by atoms with Gasteiger partial charge >= 0.3 is 0 Å². The molecule has 130 valence electrons. The van der Waals surface area contributed by atoms with Crippen molar-refractivity contribution in [3.05, 3.63) is 79.6 Å². The first-order valence-corrected chi connectivity index (χ1v) is 9.06. The van der Waals surface area contributed by atoms with E-state index in [-0.39, 0.29) is 25.7 Å². The van der Waals surface area contributed by atoms with Gasteiger partial charge in [-0.2, -0.15) is 0 Å². The smallest absolute Gasteiger partial charge is 0.268 e. The van der Waals surface area contributed by atoms with Crippen molar-refractivity contribution >= 4 is 45.4 Å². The lowest BCUT2D eigenvalue weighted by molar-refractivity contribution is 0.626. The molecule has 0 unspecified atom stereocenters. The lowest BCUT2D eigenvalue weighted by Crippen LogP contribution is -2.20. The number of benzene rings is 2. The summed E-state index contributed by atoms with van der Waals surface area (Å²) in [6, 6.07) is 11.6. The SMILES string of the molecule is O=c1c2c(-c3ccccc3F)c(Cl)sc2[nH]c(=S)n1-c1cccc(F)c1. The van der Waals surface area contributed by atoms with Crippen LogP contribution in [0.5, 0.6) is 0 Å². The highest BCUT2D eigenvalue weighted by atomic mass is 35.5. The monoisotopic (exact) mass is 406 g/mol. The van der Waals surface area contributed by atoms with Crippen molar-refractivity contribution in [2.24, 2.45) is 0 Å². The molecule has 2 heterocycles. The molecule has 26 heavy (non-hydrogen) atoms. The van der Waals surface area contributed by atoms with Crippen LogP contribution in [0.15, 0.2) is 53.3 Å². The number of aromatic nitrogens is 2. The van der Waals surface area contributed by atoms with Crippen LogP contribution in [0, 0.1) is 16.4 Å². The molecular formula is C18H9ClF2N2OS2. The lowest BCUT2D eigenvalue weighted by Gasteiger charge is -2.08. The second-order valence-electron chi connectivity index (χ2n) is 5.49. The minimum absolute atomic E-state index is 0.103. The molecule has 0 radical (unpaired) electrons. The number of fused-ring (bicyclic) bond motifs is 1. The number of nitrogens with one attached hydrogen (secondary N) is 1. The molecule has 3 nitrogen and oxygen atoms in total. The van der Waals surface area contributed by atoms with Gasteiger partial charge in [0.1, 0.15) is 20.8 Å². The van der Waals surface area contributed by atoms with Crippen molar-refractivity contribution in [3.8, 4) is 16.8 Å². The first-order valence-electron chi connectivity index (χ1n) is 7.45. The summed E-state index contributed by atoms with van der Waals surface area (Å²) in [6.07, 6.45) is 0. The first kappa shape index (κ1) is 17.1. The maximum absolute atomic E-state index is 14.3. The van der Waals surface area contributed by atoms with E-state index in [9.17, 15) is 13.6 Å². The zero-order chi connectivity index (χ0) is 18.4. The van der Waals surface area contributed by atoms with E-state index in [1.54, 1.807) is 24.3 Å². The highest BCUT2D eigenvalue weighted by Crippen LogP contribution is 2.40. The van der Waals surface area contributed by atoms with Gasteiger partial charge in [-0.05, 0) is 36.5 Å². The van der Waals surface area contributed by atoms with Crippen molar-refractivity contribution in [2.45, 2.75) is 0 Å². The average molecular weight is 407 g/mol. The van der Waals surface area contributed by atoms with E-state index in [1.165, 1.54) is 28.8 Å². The summed E-state index contributed by atoms with van der Waals surface area (Å²) in [5.74, 6) is -0.991. The zero-order valence-corrected chi connectivity index (χ0v) is 15.3. The molecule has 8 heteroatoms. The highest BCUT2D eigenvalue weighted by molar-refractivity contribution is 7.71. The second-order valence-corrected chi connectivity index (χ2v) is 7.49. The van der Waals surface area contributed by atoms with Gasteiger partial charge in [0, 0.05) is 11.1 Å². The Morgan fingerprint density at radius 3 is 2.62 bits per heavy atom. The van der Waals surface area contributed by atoms with Crippen LogP contribution < -0.4 is 5.56 Å². The number of nitrogens with zero attached hydrogens (tertiary/aromatic N) is 1. The third kappa shape index (κ3) is 2.68. The predicted molar refractivity (Wildman–Crippen MR) is 103 cm³/mol. The Morgan fingerprint density at radius 1 is 1.12 bits per heavy atom. The summed E-state index contributed by atoms with van der Waals surface area (Å²) in [6.45, 7) is 0. The van der Waals surface area contributed by atoms with Crippen molar-refractivity contribution in [3.63, 3.8) is 0 Å². The maximum Gasteiger partial charge on any atom is 0.268 e. The Morgan fingerprint density at radius 2 is 1.88 bits per heavy atom. The van der Waals surface area contributed by atoms with Crippen molar-refractivity contribution in [1.82, 2.24) is 9.55 Å². The van der Waals surface area contributed by atoms with Crippen LogP contribution in [0.3, 0.4) is 0 Å². The van der Waals surface area contributed by atoms with Gasteiger partial charge < -0.3 is 4.98 Å². The van der Waals surface area contributed by atoms with Crippen LogP contribution in [0.25, 0.3) is 27.0 Å². The fraction of sp³-hybridized carbons (Fsp3) is 0. The summed E-state index contributed by atoms with van der Waals surface area (Å²) >= 11 is 12.7. The molecule has 0 aliphatic rings. The molecule has 0 saturated heterocycles. The molecule has 0 atom stereocenters. The fourth-order valence-corrected chi connectivity index (χ4v) is 4.52. The van der Waals surface area contributed by atoms with E-state index in [4.69, 9.17) is 23.8 Å². The van der Waals surface area contributed by atoms with Crippen LogP contribution in [0.4, 0.5) is 8.78 Å². The van der Waals surface area contributed by atoms with E-state index in [2.05, 4.69) is 4.98 Å². The second kappa shape index (κ2) is 6.42. The summed E-state index contributed by atoms with van der Waals surface area (Å²) in [5.41, 5.74) is 0.305. The lowest BCUT2D eigenvalue weighted by atomic mass is 10.1. The summed E-state index contributed by atoms with van der Waals surface area (Å²) < 4.78 is 29.5. The molecule has 0 saturated carbocycles. The van der Waals surface area contributed by atoms with E-state index in [0.717, 1.165) is 11.3 Å². The number of thiophene rings is 1. The number of hydrogen-bond acceptors (Lipinski definition) is 3. The van der Waals surface area contributed by atoms with Crippen molar-refractivity contribution < 1.29 is 8.78 Å². The van der Waals surface area contributed by atoms with E-state index in [0.29, 0.717) is 10.4 Å². The van der Waals surface area contributed by atoms with Crippen molar-refractivity contribution in [1.29, 1.82) is 0 Å². The molecule has 0 aliphatic heterocycles. The average Bonchev–Trinajstić information content (AvgIpc) is 2.91. The van der Waals surface area contributed by atoms with Crippen LogP contribution >= 0.6 is 35.2 Å². The summed E-state index contributed by atoms with van der Waals surface area (Å²) in [7, 11) is 0. The Balaban J connectivity index is 2.13. The van der Waals surface area contributed by atoms with Gasteiger partial charge in [0.25, 0.3) is 5.56 Å². The minimum Gasteiger partial charge on any atom is -0.323 e. The molecule has 2 aromatic heterocycles. The Bertz CT molecular complexity index is 1280. The molecule has 4 aromatic rings. The molecule has 0 spiro atoms. The zero-order valence-electron chi connectivity index (χ0n) is 12.9. The third-order valence-corrected chi connectivity index (χ3v) is 5.51. The number of aromatic amines is 1. The van der Waals surface area contributed by atoms with Gasteiger partial charge in [-0.15, -0.1) is 11.3 Å². The number of H-pyrrole nitrogens is 1. The molecule has 0 amide bonds. The van der Waals surface area contributed by atoms with Crippen LogP contribution in [0.1, 0.15) is 0 Å². The van der Waals surface area contributed by atoms with Gasteiger partial charge in [-0.1, -0.05) is 35.9 Å². The number of halogens is 3. The molecule has 2 aromatic carbocycles. The standard InChI is InChI=1S/C18H9ClF2N2OS2/c19-15-13(11-6-1-2-7-12(11)21)14-16(26-15)22-18(25)23(17(14)24)10-5-3-4-9(20)8-10/h1-8H,(H,22,25). The minimum atomic E-state index is -0.499. The molecule has 4 rings (SSSR count). The molecule has 0 fully saturated rings. The van der Waals surface area contributed by atoms with Crippen LogP contribution in [-0.2, 0) is 0 Å². The normalized spacial score (nSPS) is 11.2. The Labute approximate surface area is 160 Å². The predicted octanol–water partition coefficient (Wildman–Crippen LogP) is 5.71. The van der Waals surface area contributed by atoms with Gasteiger partial charge in [-0.3, -0.25) is 9.36 Å². The fourth-order valence-electron chi connectivity index (χ4n) is 2.81. The van der Waals surface area contributed by atoms with Crippen molar-refractivity contribution in [2.75, 3.05) is 0 Å². The molecular weight excluding hydrogens is 398 g/mol. The van der Waals surface area contributed by atoms with E-state index in [1.807, 2.05) is 0 Å².